The Balaban J connectivity index is 0.00000312. The van der Waals surface area contributed by atoms with Crippen molar-refractivity contribution in [3.8, 4) is 5.75 Å². The summed E-state index contributed by atoms with van der Waals surface area (Å²) in [5.41, 5.74) is 0.587. The molecule has 1 aliphatic heterocycles. The number of benzene rings is 1. The fraction of sp³-hybridized carbons (Fsp3) is 0.529. The summed E-state index contributed by atoms with van der Waals surface area (Å²) >= 11 is 0. The molecule has 8 heteroatoms. The Morgan fingerprint density at radius 2 is 2.16 bits per heavy atom. The van der Waals surface area contributed by atoms with Crippen molar-refractivity contribution >= 4 is 29.9 Å². The van der Waals surface area contributed by atoms with Gasteiger partial charge in [-0.1, -0.05) is 19.1 Å². The van der Waals surface area contributed by atoms with Crippen LogP contribution in [0.4, 0.5) is 5.69 Å². The first-order valence-electron chi connectivity index (χ1n) is 8.19. The van der Waals surface area contributed by atoms with Crippen molar-refractivity contribution in [2.75, 3.05) is 45.2 Å². The minimum atomic E-state index is -0.524. The van der Waals surface area contributed by atoms with Crippen LogP contribution in [0.3, 0.4) is 0 Å². The van der Waals surface area contributed by atoms with Gasteiger partial charge in [-0.3, -0.25) is 9.59 Å². The Morgan fingerprint density at radius 3 is 2.80 bits per heavy atom. The van der Waals surface area contributed by atoms with Crippen LogP contribution in [0, 0.1) is 0 Å². The zero-order valence-corrected chi connectivity index (χ0v) is 15.4. The number of rotatable bonds is 7. The lowest BCUT2D eigenvalue weighted by molar-refractivity contribution is -0.147. The number of nitrogens with one attached hydrogen (secondary N) is 2. The molecule has 140 valence electrons. The van der Waals surface area contributed by atoms with Crippen molar-refractivity contribution in [3.63, 3.8) is 0 Å². The summed E-state index contributed by atoms with van der Waals surface area (Å²) in [5.74, 6) is 0.170. The van der Waals surface area contributed by atoms with Crippen molar-refractivity contribution < 1.29 is 19.1 Å². The number of methoxy groups -OCH3 is 1. The predicted octanol–water partition coefficient (Wildman–Crippen LogP) is 1.28. The number of anilines is 1. The predicted molar refractivity (Wildman–Crippen MR) is 98.4 cm³/mol. The summed E-state index contributed by atoms with van der Waals surface area (Å²) in [6.45, 7) is 4.20. The van der Waals surface area contributed by atoms with E-state index in [1.807, 2.05) is 19.1 Å². The Labute approximate surface area is 154 Å². The number of hydrogen-bond acceptors (Lipinski definition) is 5. The highest BCUT2D eigenvalue weighted by atomic mass is 35.5. The van der Waals surface area contributed by atoms with Crippen LogP contribution < -0.4 is 15.4 Å². The molecule has 0 saturated carbocycles. The van der Waals surface area contributed by atoms with Gasteiger partial charge in [0.25, 0.3) is 5.91 Å². The van der Waals surface area contributed by atoms with E-state index in [0.29, 0.717) is 31.1 Å². The molecule has 2 amide bonds. The molecule has 1 saturated heterocycles. The Bertz CT molecular complexity index is 565. The van der Waals surface area contributed by atoms with Crippen molar-refractivity contribution in [3.05, 3.63) is 24.3 Å². The Kier molecular flexibility index (Phi) is 9.26. The lowest BCUT2D eigenvalue weighted by atomic mass is 10.2. The maximum Gasteiger partial charge on any atom is 0.253 e. The van der Waals surface area contributed by atoms with E-state index in [1.165, 1.54) is 0 Å². The monoisotopic (exact) mass is 371 g/mol. The summed E-state index contributed by atoms with van der Waals surface area (Å²) < 4.78 is 10.7. The average Bonchev–Trinajstić information content (AvgIpc) is 2.62. The van der Waals surface area contributed by atoms with Crippen molar-refractivity contribution in [2.24, 2.45) is 0 Å². The van der Waals surface area contributed by atoms with Gasteiger partial charge >= 0.3 is 0 Å². The molecule has 1 aromatic rings. The second kappa shape index (κ2) is 10.9. The van der Waals surface area contributed by atoms with Crippen LogP contribution >= 0.6 is 12.4 Å². The number of ether oxygens (including phenoxy) is 2. The summed E-state index contributed by atoms with van der Waals surface area (Å²) in [6, 6.07) is 7.17. The molecule has 0 aromatic heterocycles. The van der Waals surface area contributed by atoms with Gasteiger partial charge in [0.15, 0.2) is 0 Å². The fourth-order valence-corrected chi connectivity index (χ4v) is 2.58. The lowest BCUT2D eigenvalue weighted by Gasteiger charge is -2.29. The molecule has 0 spiro atoms. The molecule has 25 heavy (non-hydrogen) atoms. The van der Waals surface area contributed by atoms with E-state index in [-0.39, 0.29) is 30.8 Å². The molecule has 0 unspecified atom stereocenters. The standard InChI is InChI=1S/C17H25N3O4.ClH/c1-3-9-20(17(22)15-11-18-8-10-24-15)12-16(21)19-13-6-4-5-7-14(13)23-2;/h4-7,15,18H,3,8-12H2,1-2H3,(H,19,21);1H/t15-;/m1./s1. The SMILES string of the molecule is CCCN(CC(=O)Nc1ccccc1OC)C(=O)[C@H]1CNCCO1.Cl. The van der Waals surface area contributed by atoms with Crippen LogP contribution in [-0.4, -0.2) is 62.7 Å². The molecule has 1 atom stereocenters. The van der Waals surface area contributed by atoms with E-state index < -0.39 is 6.10 Å². The molecule has 7 nitrogen and oxygen atoms in total. The number of amides is 2. The van der Waals surface area contributed by atoms with Gasteiger partial charge in [-0.2, -0.15) is 0 Å². The third-order valence-electron chi connectivity index (χ3n) is 3.72. The quantitative estimate of drug-likeness (QED) is 0.754. The maximum absolute atomic E-state index is 12.6. The van der Waals surface area contributed by atoms with Crippen molar-refractivity contribution in [2.45, 2.75) is 19.4 Å². The number of nitrogens with zero attached hydrogens (tertiary/aromatic N) is 1. The molecule has 0 aliphatic carbocycles. The first-order chi connectivity index (χ1) is 11.7. The molecular weight excluding hydrogens is 346 g/mol. The first-order valence-corrected chi connectivity index (χ1v) is 8.19. The highest BCUT2D eigenvalue weighted by Crippen LogP contribution is 2.22. The smallest absolute Gasteiger partial charge is 0.253 e. The molecule has 1 fully saturated rings. The number of para-hydroxylation sites is 2. The minimum Gasteiger partial charge on any atom is -0.495 e. The van der Waals surface area contributed by atoms with E-state index in [4.69, 9.17) is 9.47 Å². The summed E-state index contributed by atoms with van der Waals surface area (Å²) in [4.78, 5) is 26.4. The number of hydrogen-bond donors (Lipinski definition) is 2. The zero-order chi connectivity index (χ0) is 17.4. The van der Waals surface area contributed by atoms with E-state index in [2.05, 4.69) is 10.6 Å². The van der Waals surface area contributed by atoms with Gasteiger partial charge in [-0.05, 0) is 18.6 Å². The third-order valence-corrected chi connectivity index (χ3v) is 3.72. The topological polar surface area (TPSA) is 79.9 Å². The average molecular weight is 372 g/mol. The van der Waals surface area contributed by atoms with E-state index in [0.717, 1.165) is 13.0 Å². The summed E-state index contributed by atoms with van der Waals surface area (Å²) in [6.07, 6.45) is 0.248. The molecule has 1 aliphatic rings. The van der Waals surface area contributed by atoms with Gasteiger partial charge in [0.2, 0.25) is 5.91 Å². The molecule has 0 radical (unpaired) electrons. The number of halogens is 1. The lowest BCUT2D eigenvalue weighted by Crippen LogP contribution is -2.51. The first kappa shape index (κ1) is 21.2. The fourth-order valence-electron chi connectivity index (χ4n) is 2.58. The van der Waals surface area contributed by atoms with Gasteiger partial charge in [-0.25, -0.2) is 0 Å². The van der Waals surface area contributed by atoms with Gasteiger partial charge in [0.1, 0.15) is 11.9 Å². The molecule has 1 aromatic carbocycles. The number of morpholine rings is 1. The van der Waals surface area contributed by atoms with Gasteiger partial charge in [0.05, 0.1) is 25.9 Å². The van der Waals surface area contributed by atoms with Crippen LogP contribution in [0.15, 0.2) is 24.3 Å². The van der Waals surface area contributed by atoms with Crippen LogP contribution in [0.2, 0.25) is 0 Å². The Morgan fingerprint density at radius 1 is 1.40 bits per heavy atom. The van der Waals surface area contributed by atoms with Crippen molar-refractivity contribution in [1.29, 1.82) is 0 Å². The van der Waals surface area contributed by atoms with Crippen LogP contribution in [-0.2, 0) is 14.3 Å². The van der Waals surface area contributed by atoms with Crippen molar-refractivity contribution in [1.82, 2.24) is 10.2 Å². The normalized spacial score (nSPS) is 16.5. The van der Waals surface area contributed by atoms with Crippen LogP contribution in [0.25, 0.3) is 0 Å². The molecule has 2 rings (SSSR count). The molecular formula is C17H26ClN3O4. The summed E-state index contributed by atoms with van der Waals surface area (Å²) in [7, 11) is 1.55. The molecule has 1 heterocycles. The number of carbonyl (C=O) groups excluding carboxylic acids is 2. The number of carbonyl (C=O) groups is 2. The summed E-state index contributed by atoms with van der Waals surface area (Å²) in [5, 5.41) is 5.93. The van der Waals surface area contributed by atoms with Crippen LogP contribution in [0.5, 0.6) is 5.75 Å². The Hall–Kier alpha value is -1.83. The minimum absolute atomic E-state index is 0. The molecule has 0 bridgehead atoms. The third kappa shape index (κ3) is 6.19. The highest BCUT2D eigenvalue weighted by molar-refractivity contribution is 5.96. The largest absolute Gasteiger partial charge is 0.495 e. The second-order valence-corrected chi connectivity index (χ2v) is 5.57. The zero-order valence-electron chi connectivity index (χ0n) is 14.6. The van der Waals surface area contributed by atoms with E-state index in [9.17, 15) is 9.59 Å². The van der Waals surface area contributed by atoms with E-state index in [1.54, 1.807) is 24.1 Å². The second-order valence-electron chi connectivity index (χ2n) is 5.57. The maximum atomic E-state index is 12.6. The van der Waals surface area contributed by atoms with Crippen LogP contribution in [0.1, 0.15) is 13.3 Å². The van der Waals surface area contributed by atoms with E-state index >= 15 is 0 Å². The van der Waals surface area contributed by atoms with Gasteiger partial charge in [-0.15, -0.1) is 12.4 Å². The van der Waals surface area contributed by atoms with Gasteiger partial charge < -0.3 is 25.0 Å². The highest BCUT2D eigenvalue weighted by Gasteiger charge is 2.27. The van der Waals surface area contributed by atoms with Gasteiger partial charge in [0, 0.05) is 19.6 Å². The molecule has 2 N–H and O–H groups in total.